The maximum atomic E-state index is 13.3. The molecule has 1 atom stereocenters. The number of unbranched alkanes of at least 4 members (excludes halogenated alkanes) is 1. The standard InChI is InChI=1S/C24H29N3O4S/c1-2-3-13-27-24(28)22(23(32(27,29)30)20-7-5-4-6-8-20)25-18-19-9-11-21(12-10-19)26-14-16-31-17-15-26/h4-12,23H,2-3,13-18H2,1H3. The van der Waals surface area contributed by atoms with Crippen molar-refractivity contribution in [3.63, 3.8) is 0 Å². The van der Waals surface area contributed by atoms with Gasteiger partial charge in [0.25, 0.3) is 15.9 Å². The molecule has 0 bridgehead atoms. The van der Waals surface area contributed by atoms with Crippen molar-refractivity contribution < 1.29 is 17.9 Å². The maximum absolute atomic E-state index is 13.3. The molecule has 2 aliphatic rings. The summed E-state index contributed by atoms with van der Waals surface area (Å²) in [4.78, 5) is 19.9. The number of anilines is 1. The SMILES string of the molecule is CCCCN1C(=O)C(=NCc2ccc(N3CCOCC3)cc2)C(c2ccccc2)S1(=O)=O. The second-order valence-corrected chi connectivity index (χ2v) is 9.98. The monoisotopic (exact) mass is 455 g/mol. The lowest BCUT2D eigenvalue weighted by atomic mass is 10.1. The molecule has 4 rings (SSSR count). The van der Waals surface area contributed by atoms with Crippen molar-refractivity contribution in [2.45, 2.75) is 31.6 Å². The van der Waals surface area contributed by atoms with Crippen LogP contribution in [0.4, 0.5) is 5.69 Å². The van der Waals surface area contributed by atoms with Gasteiger partial charge >= 0.3 is 0 Å². The van der Waals surface area contributed by atoms with Crippen LogP contribution in [-0.4, -0.2) is 57.2 Å². The van der Waals surface area contributed by atoms with Gasteiger partial charge in [0.1, 0.15) is 5.71 Å². The normalized spacial score (nSPS) is 22.0. The number of hydrogen-bond donors (Lipinski definition) is 0. The molecular weight excluding hydrogens is 426 g/mol. The van der Waals surface area contributed by atoms with Crippen molar-refractivity contribution in [3.05, 3.63) is 65.7 Å². The zero-order chi connectivity index (χ0) is 22.6. The molecule has 0 aromatic heterocycles. The van der Waals surface area contributed by atoms with E-state index in [0.29, 0.717) is 12.0 Å². The highest BCUT2D eigenvalue weighted by Gasteiger charge is 2.50. The highest BCUT2D eigenvalue weighted by molar-refractivity contribution is 7.91. The van der Waals surface area contributed by atoms with E-state index >= 15 is 0 Å². The molecule has 0 N–H and O–H groups in total. The Kier molecular flexibility index (Phi) is 6.91. The van der Waals surface area contributed by atoms with Crippen molar-refractivity contribution in [3.8, 4) is 0 Å². The fourth-order valence-electron chi connectivity index (χ4n) is 4.07. The van der Waals surface area contributed by atoms with Crippen LogP contribution in [0, 0.1) is 0 Å². The summed E-state index contributed by atoms with van der Waals surface area (Å²) in [6.07, 6.45) is 1.43. The van der Waals surface area contributed by atoms with Crippen molar-refractivity contribution in [2.75, 3.05) is 37.7 Å². The van der Waals surface area contributed by atoms with Gasteiger partial charge in [0.05, 0.1) is 19.8 Å². The summed E-state index contributed by atoms with van der Waals surface area (Å²) < 4.78 is 32.9. The number of morpholine rings is 1. The summed E-state index contributed by atoms with van der Waals surface area (Å²) in [5.41, 5.74) is 2.72. The van der Waals surface area contributed by atoms with E-state index in [1.807, 2.05) is 37.3 Å². The zero-order valence-electron chi connectivity index (χ0n) is 18.3. The van der Waals surface area contributed by atoms with Crippen LogP contribution in [-0.2, 0) is 26.1 Å². The number of amides is 1. The van der Waals surface area contributed by atoms with Gasteiger partial charge in [0.2, 0.25) is 0 Å². The third kappa shape index (κ3) is 4.56. The second-order valence-electron chi connectivity index (χ2n) is 8.03. The Morgan fingerprint density at radius 3 is 2.38 bits per heavy atom. The summed E-state index contributed by atoms with van der Waals surface area (Å²) in [5.74, 6) is -0.503. The van der Waals surface area contributed by atoms with Crippen LogP contribution in [0.3, 0.4) is 0 Å². The van der Waals surface area contributed by atoms with Crippen molar-refractivity contribution in [1.29, 1.82) is 0 Å². The van der Waals surface area contributed by atoms with E-state index in [1.54, 1.807) is 24.3 Å². The molecule has 32 heavy (non-hydrogen) atoms. The van der Waals surface area contributed by atoms with E-state index in [4.69, 9.17) is 4.74 Å². The largest absolute Gasteiger partial charge is 0.378 e. The Morgan fingerprint density at radius 2 is 1.72 bits per heavy atom. The van der Waals surface area contributed by atoms with Gasteiger partial charge < -0.3 is 9.64 Å². The van der Waals surface area contributed by atoms with E-state index < -0.39 is 21.2 Å². The maximum Gasteiger partial charge on any atom is 0.283 e. The predicted octanol–water partition coefficient (Wildman–Crippen LogP) is 3.18. The fourth-order valence-corrected chi connectivity index (χ4v) is 5.99. The quantitative estimate of drug-likeness (QED) is 0.641. The lowest BCUT2D eigenvalue weighted by Crippen LogP contribution is -2.36. The lowest BCUT2D eigenvalue weighted by Gasteiger charge is -2.28. The molecule has 2 aromatic carbocycles. The van der Waals surface area contributed by atoms with Crippen molar-refractivity contribution >= 4 is 27.3 Å². The van der Waals surface area contributed by atoms with Gasteiger partial charge in [-0.3, -0.25) is 9.79 Å². The average molecular weight is 456 g/mol. The van der Waals surface area contributed by atoms with Crippen molar-refractivity contribution in [2.24, 2.45) is 4.99 Å². The molecule has 170 valence electrons. The molecule has 2 aromatic rings. The topological polar surface area (TPSA) is 79.3 Å². The van der Waals surface area contributed by atoms with Crippen LogP contribution < -0.4 is 4.90 Å². The number of sulfonamides is 1. The summed E-state index contributed by atoms with van der Waals surface area (Å²) in [6, 6.07) is 16.9. The minimum Gasteiger partial charge on any atom is -0.378 e. The second kappa shape index (κ2) is 9.83. The summed E-state index contributed by atoms with van der Waals surface area (Å²) in [5, 5.41) is -1.05. The number of carbonyl (C=O) groups is 1. The Labute approximate surface area is 189 Å². The number of hydrogen-bond acceptors (Lipinski definition) is 6. The van der Waals surface area contributed by atoms with E-state index in [2.05, 4.69) is 9.89 Å². The highest BCUT2D eigenvalue weighted by atomic mass is 32.2. The number of aliphatic imine (C=N–C) groups is 1. The zero-order valence-corrected chi connectivity index (χ0v) is 19.1. The third-order valence-corrected chi connectivity index (χ3v) is 7.91. The van der Waals surface area contributed by atoms with Crippen LogP contribution in [0.5, 0.6) is 0 Å². The van der Waals surface area contributed by atoms with Crippen molar-refractivity contribution in [1.82, 2.24) is 4.31 Å². The van der Waals surface area contributed by atoms with E-state index in [-0.39, 0.29) is 18.8 Å². The molecule has 0 saturated carbocycles. The average Bonchev–Trinajstić information content (AvgIpc) is 3.02. The number of benzene rings is 2. The van der Waals surface area contributed by atoms with Crippen LogP contribution >= 0.6 is 0 Å². The first-order valence-corrected chi connectivity index (χ1v) is 12.6. The van der Waals surface area contributed by atoms with E-state index in [9.17, 15) is 13.2 Å². The van der Waals surface area contributed by atoms with E-state index in [0.717, 1.165) is 48.3 Å². The van der Waals surface area contributed by atoms with E-state index in [1.165, 1.54) is 0 Å². The summed E-state index contributed by atoms with van der Waals surface area (Å²) >= 11 is 0. The minimum absolute atomic E-state index is 0.101. The number of rotatable bonds is 7. The molecule has 2 fully saturated rings. The third-order valence-electron chi connectivity index (χ3n) is 5.86. The molecule has 2 heterocycles. The predicted molar refractivity (Wildman–Crippen MR) is 125 cm³/mol. The summed E-state index contributed by atoms with van der Waals surface area (Å²) in [6.45, 7) is 5.58. The molecule has 2 aliphatic heterocycles. The lowest BCUT2D eigenvalue weighted by molar-refractivity contribution is -0.119. The first kappa shape index (κ1) is 22.5. The molecular formula is C24H29N3O4S. The van der Waals surface area contributed by atoms with Gasteiger partial charge in [-0.15, -0.1) is 0 Å². The molecule has 1 unspecified atom stereocenters. The molecule has 2 saturated heterocycles. The van der Waals surface area contributed by atoms with Crippen LogP contribution in [0.1, 0.15) is 36.1 Å². The molecule has 1 amide bonds. The molecule has 0 aliphatic carbocycles. The van der Waals surface area contributed by atoms with Crippen LogP contribution in [0.25, 0.3) is 0 Å². The van der Waals surface area contributed by atoms with Crippen LogP contribution in [0.2, 0.25) is 0 Å². The van der Waals surface area contributed by atoms with Crippen LogP contribution in [0.15, 0.2) is 59.6 Å². The van der Waals surface area contributed by atoms with Gasteiger partial charge in [0.15, 0.2) is 5.25 Å². The number of carbonyl (C=O) groups excluding carboxylic acids is 1. The fraction of sp³-hybridized carbons (Fsp3) is 0.417. The van der Waals surface area contributed by atoms with Gasteiger partial charge in [-0.2, -0.15) is 0 Å². The van der Waals surface area contributed by atoms with Gasteiger partial charge in [-0.1, -0.05) is 55.8 Å². The minimum atomic E-state index is -3.84. The Hall–Kier alpha value is -2.71. The first-order valence-electron chi connectivity index (χ1n) is 11.1. The molecule has 8 heteroatoms. The Balaban J connectivity index is 1.60. The van der Waals surface area contributed by atoms with Gasteiger partial charge in [-0.05, 0) is 29.7 Å². The molecule has 7 nitrogen and oxygen atoms in total. The molecule has 0 spiro atoms. The number of ether oxygens (including phenoxy) is 1. The van der Waals surface area contributed by atoms with Gasteiger partial charge in [0, 0.05) is 25.3 Å². The first-order chi connectivity index (χ1) is 15.5. The number of nitrogens with zero attached hydrogens (tertiary/aromatic N) is 3. The Bertz CT molecular complexity index is 1060. The Morgan fingerprint density at radius 1 is 1.03 bits per heavy atom. The summed E-state index contributed by atoms with van der Waals surface area (Å²) in [7, 11) is -3.84. The smallest absolute Gasteiger partial charge is 0.283 e. The highest BCUT2D eigenvalue weighted by Crippen LogP contribution is 2.35. The molecule has 0 radical (unpaired) electrons. The van der Waals surface area contributed by atoms with Gasteiger partial charge in [-0.25, -0.2) is 12.7 Å².